The van der Waals surface area contributed by atoms with E-state index < -0.39 is 29.0 Å². The second-order valence-electron chi connectivity index (χ2n) is 4.49. The summed E-state index contributed by atoms with van der Waals surface area (Å²) in [6, 6.07) is 1.96. The fourth-order valence-corrected chi connectivity index (χ4v) is 2.01. The van der Waals surface area contributed by atoms with Gasteiger partial charge in [-0.1, -0.05) is 6.92 Å². The van der Waals surface area contributed by atoms with Crippen molar-refractivity contribution in [3.8, 4) is 0 Å². The second-order valence-corrected chi connectivity index (χ2v) is 4.49. The average molecular weight is 301 g/mol. The summed E-state index contributed by atoms with van der Waals surface area (Å²) in [5, 5.41) is 6.68. The molecule has 0 atom stereocenters. The van der Waals surface area contributed by atoms with E-state index in [0.717, 1.165) is 12.1 Å². The normalized spacial score (nSPS) is 11.0. The Hall–Kier alpha value is -2.05. The van der Waals surface area contributed by atoms with E-state index in [9.17, 15) is 17.6 Å². The molecule has 1 aromatic heterocycles. The van der Waals surface area contributed by atoms with E-state index in [4.69, 9.17) is 0 Å². The van der Waals surface area contributed by atoms with Crippen molar-refractivity contribution in [3.63, 3.8) is 0 Å². The minimum absolute atomic E-state index is 0.0115. The number of hydrogen-bond donors (Lipinski definition) is 1. The van der Waals surface area contributed by atoms with Crippen molar-refractivity contribution >= 4 is 5.69 Å². The van der Waals surface area contributed by atoms with E-state index in [1.807, 2.05) is 13.8 Å². The molecule has 0 fully saturated rings. The summed E-state index contributed by atoms with van der Waals surface area (Å²) in [7, 11) is 0. The Morgan fingerprint density at radius 2 is 1.67 bits per heavy atom. The van der Waals surface area contributed by atoms with Crippen molar-refractivity contribution in [2.75, 3.05) is 5.32 Å². The van der Waals surface area contributed by atoms with Gasteiger partial charge in [0.1, 0.15) is 5.69 Å². The Morgan fingerprint density at radius 1 is 1.05 bits per heavy atom. The summed E-state index contributed by atoms with van der Waals surface area (Å²) in [6.07, 6.45) is 0.720. The van der Waals surface area contributed by atoms with Gasteiger partial charge in [-0.2, -0.15) is 5.10 Å². The monoisotopic (exact) mass is 301 g/mol. The molecule has 0 spiro atoms. The highest BCUT2D eigenvalue weighted by molar-refractivity contribution is 5.47. The smallest absolute Gasteiger partial charge is 0.185 e. The van der Waals surface area contributed by atoms with E-state index in [2.05, 4.69) is 10.4 Å². The van der Waals surface area contributed by atoms with Crippen molar-refractivity contribution < 1.29 is 17.6 Å². The predicted octanol–water partition coefficient (Wildman–Crippen LogP) is 3.63. The maximum Gasteiger partial charge on any atom is 0.185 e. The largest absolute Gasteiger partial charge is 0.374 e. The van der Waals surface area contributed by atoms with E-state index in [1.165, 1.54) is 0 Å². The summed E-state index contributed by atoms with van der Waals surface area (Å²) in [5.41, 5.74) is 0.701. The van der Waals surface area contributed by atoms with Gasteiger partial charge in [0.25, 0.3) is 0 Å². The fourth-order valence-electron chi connectivity index (χ4n) is 2.01. The number of nitrogens with zero attached hydrogens (tertiary/aromatic N) is 2. The number of benzene rings is 1. The molecule has 21 heavy (non-hydrogen) atoms. The van der Waals surface area contributed by atoms with Crippen molar-refractivity contribution in [1.82, 2.24) is 9.78 Å². The van der Waals surface area contributed by atoms with Crippen LogP contribution in [0.1, 0.15) is 25.2 Å². The summed E-state index contributed by atoms with van der Waals surface area (Å²) >= 11 is 0. The number of anilines is 1. The molecule has 114 valence electrons. The van der Waals surface area contributed by atoms with Crippen molar-refractivity contribution in [2.45, 2.75) is 33.4 Å². The third-order valence-electron chi connectivity index (χ3n) is 3.13. The standard InChI is InChI=1S/C14H15F4N3/c1-3-8-5-9(21(4-2)20-8)7-19-14-12(17)10(15)6-11(16)13(14)18/h5-6,19H,3-4,7H2,1-2H3. The minimum Gasteiger partial charge on any atom is -0.374 e. The number of aromatic nitrogens is 2. The Morgan fingerprint density at radius 3 is 2.19 bits per heavy atom. The average Bonchev–Trinajstić information content (AvgIpc) is 2.87. The zero-order valence-corrected chi connectivity index (χ0v) is 11.7. The van der Waals surface area contributed by atoms with Crippen molar-refractivity contribution in [3.05, 3.63) is 46.8 Å². The first kappa shape index (κ1) is 15.3. The minimum atomic E-state index is -1.44. The maximum absolute atomic E-state index is 13.5. The predicted molar refractivity (Wildman–Crippen MR) is 70.9 cm³/mol. The van der Waals surface area contributed by atoms with Crippen LogP contribution in [0.3, 0.4) is 0 Å². The number of rotatable bonds is 5. The van der Waals surface area contributed by atoms with Gasteiger partial charge in [-0.25, -0.2) is 17.6 Å². The van der Waals surface area contributed by atoms with E-state index in [0.29, 0.717) is 12.2 Å². The highest BCUT2D eigenvalue weighted by atomic mass is 19.2. The van der Waals surface area contributed by atoms with Gasteiger partial charge < -0.3 is 5.32 Å². The zero-order chi connectivity index (χ0) is 15.6. The van der Waals surface area contributed by atoms with Crippen LogP contribution in [0.25, 0.3) is 0 Å². The molecule has 1 aromatic carbocycles. The fraction of sp³-hybridized carbons (Fsp3) is 0.357. The lowest BCUT2D eigenvalue weighted by Gasteiger charge is -2.10. The van der Waals surface area contributed by atoms with Crippen LogP contribution in [0, 0.1) is 23.3 Å². The second kappa shape index (κ2) is 6.15. The molecule has 0 bridgehead atoms. The SMILES string of the molecule is CCc1cc(CNc2c(F)c(F)cc(F)c2F)n(CC)n1. The topological polar surface area (TPSA) is 29.9 Å². The Labute approximate surface area is 119 Å². The first-order chi connectivity index (χ1) is 9.97. The zero-order valence-electron chi connectivity index (χ0n) is 11.7. The van der Waals surface area contributed by atoms with Gasteiger partial charge >= 0.3 is 0 Å². The van der Waals surface area contributed by atoms with Crippen molar-refractivity contribution in [2.24, 2.45) is 0 Å². The molecule has 7 heteroatoms. The Balaban J connectivity index is 2.26. The highest BCUT2D eigenvalue weighted by Gasteiger charge is 2.19. The molecule has 0 aliphatic rings. The van der Waals surface area contributed by atoms with Gasteiger partial charge in [0.2, 0.25) is 0 Å². The summed E-state index contributed by atoms with van der Waals surface area (Å²) in [6.45, 7) is 4.40. The van der Waals surface area contributed by atoms with Crippen LogP contribution in [0.4, 0.5) is 23.2 Å². The quantitative estimate of drug-likeness (QED) is 0.675. The lowest BCUT2D eigenvalue weighted by atomic mass is 10.2. The Bertz CT molecular complexity index is 626. The lowest BCUT2D eigenvalue weighted by molar-refractivity contribution is 0.458. The number of halogens is 4. The summed E-state index contributed by atoms with van der Waals surface area (Å²) in [4.78, 5) is 0. The molecule has 0 unspecified atom stereocenters. The molecule has 2 aromatic rings. The highest BCUT2D eigenvalue weighted by Crippen LogP contribution is 2.24. The first-order valence-electron chi connectivity index (χ1n) is 6.60. The molecular formula is C14H15F4N3. The number of aryl methyl sites for hydroxylation is 2. The first-order valence-corrected chi connectivity index (χ1v) is 6.60. The molecule has 0 aliphatic carbocycles. The molecular weight excluding hydrogens is 286 g/mol. The van der Waals surface area contributed by atoms with Gasteiger partial charge in [-0.3, -0.25) is 4.68 Å². The molecule has 0 amide bonds. The molecule has 0 saturated carbocycles. The van der Waals surface area contributed by atoms with Crippen LogP contribution in [0.2, 0.25) is 0 Å². The van der Waals surface area contributed by atoms with E-state index >= 15 is 0 Å². The third kappa shape index (κ3) is 3.01. The van der Waals surface area contributed by atoms with Gasteiger partial charge in [0.15, 0.2) is 23.3 Å². The number of nitrogens with one attached hydrogen (secondary N) is 1. The number of hydrogen-bond acceptors (Lipinski definition) is 2. The molecule has 0 aliphatic heterocycles. The molecule has 1 heterocycles. The summed E-state index contributed by atoms with van der Waals surface area (Å²) < 4.78 is 55.0. The van der Waals surface area contributed by atoms with Crippen LogP contribution in [0.5, 0.6) is 0 Å². The van der Waals surface area contributed by atoms with Crippen LogP contribution >= 0.6 is 0 Å². The van der Waals surface area contributed by atoms with E-state index in [-0.39, 0.29) is 12.6 Å². The van der Waals surface area contributed by atoms with Crippen LogP contribution in [0.15, 0.2) is 12.1 Å². The van der Waals surface area contributed by atoms with Gasteiger partial charge in [0.05, 0.1) is 17.9 Å². The molecule has 0 saturated heterocycles. The van der Waals surface area contributed by atoms with Gasteiger partial charge in [-0.15, -0.1) is 0 Å². The summed E-state index contributed by atoms with van der Waals surface area (Å²) in [5.74, 6) is -5.75. The lowest BCUT2D eigenvalue weighted by Crippen LogP contribution is -2.11. The van der Waals surface area contributed by atoms with Crippen LogP contribution in [-0.2, 0) is 19.5 Å². The van der Waals surface area contributed by atoms with Crippen LogP contribution in [-0.4, -0.2) is 9.78 Å². The van der Waals surface area contributed by atoms with Crippen molar-refractivity contribution in [1.29, 1.82) is 0 Å². The maximum atomic E-state index is 13.5. The molecule has 0 radical (unpaired) electrons. The van der Waals surface area contributed by atoms with Gasteiger partial charge in [-0.05, 0) is 19.4 Å². The Kier molecular flexibility index (Phi) is 4.50. The third-order valence-corrected chi connectivity index (χ3v) is 3.13. The molecule has 1 N–H and O–H groups in total. The van der Waals surface area contributed by atoms with E-state index in [1.54, 1.807) is 10.7 Å². The molecule has 3 nitrogen and oxygen atoms in total. The van der Waals surface area contributed by atoms with Crippen LogP contribution < -0.4 is 5.32 Å². The molecule has 2 rings (SSSR count). The van der Waals surface area contributed by atoms with Gasteiger partial charge in [0, 0.05) is 12.6 Å².